The number of nitrogens with two attached hydrogens (primary N) is 1. The van der Waals surface area contributed by atoms with Crippen molar-refractivity contribution in [1.29, 1.82) is 0 Å². The van der Waals surface area contributed by atoms with Crippen LogP contribution in [0, 0.1) is 17.0 Å². The number of hydrogen-bond donors (Lipinski definition) is 3. The van der Waals surface area contributed by atoms with Crippen LogP contribution in [0.2, 0.25) is 5.15 Å². The number of aliphatic hydroxyl groups excluding tert-OH is 2. The topological polar surface area (TPSA) is 140 Å². The van der Waals surface area contributed by atoms with Gasteiger partial charge in [-0.2, -0.15) is 0 Å². The van der Waals surface area contributed by atoms with Crippen molar-refractivity contribution in [3.63, 3.8) is 0 Å². The summed E-state index contributed by atoms with van der Waals surface area (Å²) >= 11 is 5.55. The van der Waals surface area contributed by atoms with Gasteiger partial charge in [0.25, 0.3) is 0 Å². The van der Waals surface area contributed by atoms with Crippen molar-refractivity contribution in [2.45, 2.75) is 19.1 Å². The second-order valence-electron chi connectivity index (χ2n) is 3.52. The van der Waals surface area contributed by atoms with Crippen molar-refractivity contribution in [1.82, 2.24) is 4.98 Å². The van der Waals surface area contributed by atoms with Gasteiger partial charge < -0.3 is 15.9 Å². The summed E-state index contributed by atoms with van der Waals surface area (Å²) < 4.78 is 0. The largest absolute Gasteiger partial charge is 0.385 e. The van der Waals surface area contributed by atoms with Gasteiger partial charge in [-0.1, -0.05) is 11.6 Å². The summed E-state index contributed by atoms with van der Waals surface area (Å²) in [6, 6.07) is 0.946. The van der Waals surface area contributed by atoms with Gasteiger partial charge in [-0.3, -0.25) is 14.9 Å². The monoisotopic (exact) mass is 275 g/mol. The van der Waals surface area contributed by atoms with E-state index < -0.39 is 28.7 Å². The highest BCUT2D eigenvalue weighted by molar-refractivity contribution is 6.31. The Balaban J connectivity index is 3.28. The summed E-state index contributed by atoms with van der Waals surface area (Å²) in [5.41, 5.74) is 4.35. The van der Waals surface area contributed by atoms with E-state index in [1.807, 2.05) is 0 Å². The highest BCUT2D eigenvalue weighted by atomic mass is 35.5. The molecule has 1 heterocycles. The Morgan fingerprint density at radius 1 is 1.61 bits per heavy atom. The fourth-order valence-corrected chi connectivity index (χ4v) is 1.58. The van der Waals surface area contributed by atoms with Crippen LogP contribution in [0.25, 0.3) is 0 Å². The molecule has 4 N–H and O–H groups in total. The average Bonchev–Trinajstić information content (AvgIpc) is 2.26. The lowest BCUT2D eigenvalue weighted by Gasteiger charge is -2.16. The fourth-order valence-electron chi connectivity index (χ4n) is 1.33. The van der Waals surface area contributed by atoms with Crippen LogP contribution in [0.1, 0.15) is 17.4 Å². The number of nitro groups is 1. The Morgan fingerprint density at radius 2 is 2.17 bits per heavy atom. The molecule has 2 atom stereocenters. The quantitative estimate of drug-likeness (QED) is 0.396. The van der Waals surface area contributed by atoms with Crippen LogP contribution in [-0.4, -0.2) is 32.1 Å². The summed E-state index contributed by atoms with van der Waals surface area (Å²) in [4.78, 5) is 24.3. The van der Waals surface area contributed by atoms with Crippen molar-refractivity contribution < 1.29 is 19.9 Å². The molecule has 18 heavy (non-hydrogen) atoms. The Bertz CT molecular complexity index is 507. The minimum atomic E-state index is -1.88. The van der Waals surface area contributed by atoms with Gasteiger partial charge in [0.15, 0.2) is 6.10 Å². The van der Waals surface area contributed by atoms with E-state index in [1.165, 1.54) is 6.92 Å². The molecule has 2 unspecified atom stereocenters. The highest BCUT2D eigenvalue weighted by Gasteiger charge is 2.28. The van der Waals surface area contributed by atoms with E-state index in [0.717, 1.165) is 6.07 Å². The molecule has 1 rings (SSSR count). The van der Waals surface area contributed by atoms with Crippen molar-refractivity contribution in [2.75, 3.05) is 0 Å². The number of carbonyl (C=O) groups excluding carboxylic acids is 1. The van der Waals surface area contributed by atoms with Crippen LogP contribution in [0.5, 0.6) is 0 Å². The second-order valence-corrected chi connectivity index (χ2v) is 3.88. The number of nitrogens with zero attached hydrogens (tertiary/aromatic N) is 2. The Morgan fingerprint density at radius 3 is 2.61 bits per heavy atom. The first-order chi connectivity index (χ1) is 8.25. The Labute approximate surface area is 106 Å². The molecule has 0 aliphatic carbocycles. The number of rotatable bonds is 4. The third-order valence-corrected chi connectivity index (χ3v) is 2.57. The lowest BCUT2D eigenvalue weighted by atomic mass is 10.0. The lowest BCUT2D eigenvalue weighted by molar-refractivity contribution is -0.385. The molecule has 0 saturated carbocycles. The summed E-state index contributed by atoms with van der Waals surface area (Å²) in [5.74, 6) is -1.15. The highest BCUT2D eigenvalue weighted by Crippen LogP contribution is 2.29. The molecule has 0 fully saturated rings. The number of amides is 1. The maximum Gasteiger partial charge on any atom is 0.306 e. The molecule has 0 saturated heterocycles. The Kier molecular flexibility index (Phi) is 4.17. The first kappa shape index (κ1) is 14.3. The van der Waals surface area contributed by atoms with E-state index in [0.29, 0.717) is 0 Å². The lowest BCUT2D eigenvalue weighted by Crippen LogP contribution is -2.34. The second kappa shape index (κ2) is 5.25. The number of aliphatic hydroxyl groups is 2. The molecule has 0 bridgehead atoms. The number of aromatic nitrogens is 1. The number of aryl methyl sites for hydroxylation is 1. The SMILES string of the molecule is Cc1nc(Cl)c([N+](=O)[O-])cc1C(O)C(O)C(N)=O. The number of carbonyl (C=O) groups is 1. The first-order valence-electron chi connectivity index (χ1n) is 4.72. The number of hydrogen-bond acceptors (Lipinski definition) is 6. The van der Waals surface area contributed by atoms with Crippen LogP contribution in [0.15, 0.2) is 6.07 Å². The molecule has 0 spiro atoms. The van der Waals surface area contributed by atoms with E-state index in [2.05, 4.69) is 4.98 Å². The molecular weight excluding hydrogens is 266 g/mol. The molecule has 0 radical (unpaired) electrons. The van der Waals surface area contributed by atoms with Gasteiger partial charge >= 0.3 is 5.69 Å². The van der Waals surface area contributed by atoms with Gasteiger partial charge in [0.2, 0.25) is 11.1 Å². The minimum Gasteiger partial charge on any atom is -0.385 e. The maximum absolute atomic E-state index is 10.7. The molecular formula is C9H10ClN3O5. The molecule has 0 aromatic carbocycles. The Hall–Kier alpha value is -1.77. The van der Waals surface area contributed by atoms with Crippen molar-refractivity contribution in [2.24, 2.45) is 5.73 Å². The van der Waals surface area contributed by atoms with Crippen LogP contribution in [-0.2, 0) is 4.79 Å². The van der Waals surface area contributed by atoms with E-state index in [-0.39, 0.29) is 16.4 Å². The van der Waals surface area contributed by atoms with Gasteiger partial charge in [-0.25, -0.2) is 4.98 Å². The maximum atomic E-state index is 10.7. The molecule has 8 nitrogen and oxygen atoms in total. The summed E-state index contributed by atoms with van der Waals surface area (Å²) in [6.07, 6.45) is -3.59. The number of primary amides is 1. The first-order valence-corrected chi connectivity index (χ1v) is 5.10. The van der Waals surface area contributed by atoms with Gasteiger partial charge in [0.05, 0.1) is 4.92 Å². The van der Waals surface area contributed by atoms with Crippen molar-refractivity contribution in [3.05, 3.63) is 32.6 Å². The minimum absolute atomic E-state index is 0.0857. The molecule has 1 aromatic rings. The zero-order valence-corrected chi connectivity index (χ0v) is 9.96. The van der Waals surface area contributed by atoms with E-state index in [1.54, 1.807) is 0 Å². The number of pyridine rings is 1. The van der Waals surface area contributed by atoms with Crippen LogP contribution < -0.4 is 5.73 Å². The molecule has 0 aliphatic rings. The van der Waals surface area contributed by atoms with Crippen LogP contribution in [0.3, 0.4) is 0 Å². The summed E-state index contributed by atoms with van der Waals surface area (Å²) in [7, 11) is 0. The molecule has 1 amide bonds. The number of halogens is 1. The van der Waals surface area contributed by atoms with Crippen LogP contribution in [0.4, 0.5) is 5.69 Å². The predicted octanol–water partition coefficient (Wildman–Crippen LogP) is -0.169. The molecule has 98 valence electrons. The smallest absolute Gasteiger partial charge is 0.306 e. The summed E-state index contributed by atoms with van der Waals surface area (Å²) in [6.45, 7) is 1.42. The molecule has 9 heteroatoms. The van der Waals surface area contributed by atoms with Gasteiger partial charge in [-0.15, -0.1) is 0 Å². The molecule has 0 aliphatic heterocycles. The van der Waals surface area contributed by atoms with E-state index >= 15 is 0 Å². The van der Waals surface area contributed by atoms with E-state index in [9.17, 15) is 25.1 Å². The van der Waals surface area contributed by atoms with Gasteiger partial charge in [0, 0.05) is 17.3 Å². The van der Waals surface area contributed by atoms with E-state index in [4.69, 9.17) is 17.3 Å². The normalized spacial score (nSPS) is 14.0. The van der Waals surface area contributed by atoms with Crippen molar-refractivity contribution >= 4 is 23.2 Å². The predicted molar refractivity (Wildman–Crippen MR) is 60.8 cm³/mol. The average molecular weight is 276 g/mol. The summed E-state index contributed by atoms with van der Waals surface area (Å²) in [5, 5.41) is 29.3. The van der Waals surface area contributed by atoms with Crippen LogP contribution >= 0.6 is 11.6 Å². The third-order valence-electron chi connectivity index (χ3n) is 2.29. The van der Waals surface area contributed by atoms with Gasteiger partial charge in [-0.05, 0) is 6.92 Å². The third kappa shape index (κ3) is 2.73. The molecule has 1 aromatic heterocycles. The van der Waals surface area contributed by atoms with Gasteiger partial charge in [0.1, 0.15) is 6.10 Å². The van der Waals surface area contributed by atoms with Crippen molar-refractivity contribution in [3.8, 4) is 0 Å². The fraction of sp³-hybridized carbons (Fsp3) is 0.333. The standard InChI is InChI=1S/C9H10ClN3O5/c1-3-4(6(14)7(15)9(11)16)2-5(13(17)18)8(10)12-3/h2,6-7,14-15H,1H3,(H2,11,16). The zero-order valence-electron chi connectivity index (χ0n) is 9.20. The zero-order chi connectivity index (χ0) is 14.0.